The number of aryl methyl sites for hydroxylation is 2. The smallest absolute Gasteiger partial charge is 0.256 e. The molecular weight excluding hydrogens is 428 g/mol. The lowest BCUT2D eigenvalue weighted by Crippen LogP contribution is -2.14. The van der Waals surface area contributed by atoms with Crippen molar-refractivity contribution in [2.45, 2.75) is 18.7 Å². The molecule has 32 heavy (non-hydrogen) atoms. The summed E-state index contributed by atoms with van der Waals surface area (Å²) in [4.78, 5) is 18.0. The first-order chi connectivity index (χ1) is 15.2. The van der Waals surface area contributed by atoms with Gasteiger partial charge in [-0.05, 0) is 37.3 Å². The van der Waals surface area contributed by atoms with Crippen LogP contribution in [0.4, 0.5) is 5.69 Å². The molecule has 0 atom stereocenters. The van der Waals surface area contributed by atoms with Crippen LogP contribution in [0.2, 0.25) is 0 Å². The van der Waals surface area contributed by atoms with Crippen LogP contribution in [0.3, 0.4) is 0 Å². The molecule has 2 N–H and O–H groups in total. The number of para-hydroxylation sites is 1. The second-order valence-corrected chi connectivity index (χ2v) is 9.69. The lowest BCUT2D eigenvalue weighted by Gasteiger charge is -2.12. The fourth-order valence-electron chi connectivity index (χ4n) is 3.52. The van der Waals surface area contributed by atoms with E-state index in [1.165, 1.54) is 25.1 Å². The molecule has 0 bridgehead atoms. The van der Waals surface area contributed by atoms with Gasteiger partial charge in [0.05, 0.1) is 38.8 Å². The van der Waals surface area contributed by atoms with Crippen molar-refractivity contribution in [2.24, 2.45) is 7.05 Å². The molecule has 0 aliphatic carbocycles. The number of aromatic nitrogens is 3. The van der Waals surface area contributed by atoms with E-state index in [2.05, 4.69) is 15.4 Å². The Morgan fingerprint density at radius 2 is 1.91 bits per heavy atom. The highest BCUT2D eigenvalue weighted by Crippen LogP contribution is 2.30. The third-order valence-corrected chi connectivity index (χ3v) is 6.94. The highest BCUT2D eigenvalue weighted by molar-refractivity contribution is 7.91. The summed E-state index contributed by atoms with van der Waals surface area (Å²) in [5, 5.41) is 17.9. The van der Waals surface area contributed by atoms with Crippen LogP contribution in [0.1, 0.15) is 23.0 Å². The number of carbonyl (C=O) groups excluding carboxylic acids is 1. The van der Waals surface area contributed by atoms with Crippen molar-refractivity contribution < 1.29 is 18.3 Å². The first-order valence-corrected chi connectivity index (χ1v) is 11.6. The number of fused-ring (bicyclic) bond motifs is 1. The number of anilines is 1. The van der Waals surface area contributed by atoms with Crippen LogP contribution in [0.25, 0.3) is 22.2 Å². The Labute approximate surface area is 185 Å². The van der Waals surface area contributed by atoms with E-state index >= 15 is 0 Å². The fraction of sp³-hybridized carbons (Fsp3) is 0.174. The van der Waals surface area contributed by atoms with Crippen LogP contribution >= 0.6 is 0 Å². The lowest BCUT2D eigenvalue weighted by molar-refractivity contribution is 0.102. The number of pyridine rings is 1. The Bertz CT molecular complexity index is 1460. The van der Waals surface area contributed by atoms with Crippen molar-refractivity contribution in [3.8, 4) is 17.0 Å². The Kier molecular flexibility index (Phi) is 5.43. The predicted molar refractivity (Wildman–Crippen MR) is 122 cm³/mol. The van der Waals surface area contributed by atoms with Crippen LogP contribution < -0.4 is 5.32 Å². The van der Waals surface area contributed by atoms with Gasteiger partial charge in [0, 0.05) is 24.2 Å². The standard InChI is InChI=1S/C23H22N4O4S/c1-4-32(30,31)15-9-10-22(28)21(11-15)25-23(29)17-12-20(18-13-27(3)26-14(18)2)24-19-8-6-5-7-16(17)19/h5-13,28H,4H2,1-3H3,(H,25,29). The Balaban J connectivity index is 1.81. The molecule has 2 aromatic carbocycles. The minimum absolute atomic E-state index is 0.0181. The number of phenolic OH excluding ortho intramolecular Hbond substituents is 1. The maximum atomic E-state index is 13.3. The summed E-state index contributed by atoms with van der Waals surface area (Å²) in [6.07, 6.45) is 1.83. The number of rotatable bonds is 5. The minimum atomic E-state index is -3.50. The molecule has 4 aromatic rings. The number of aromatic hydroxyl groups is 1. The Hall–Kier alpha value is -3.72. The number of carbonyl (C=O) groups is 1. The van der Waals surface area contributed by atoms with Gasteiger partial charge in [-0.15, -0.1) is 0 Å². The number of benzene rings is 2. The van der Waals surface area contributed by atoms with Gasteiger partial charge in [0.1, 0.15) is 5.75 Å². The number of sulfone groups is 1. The van der Waals surface area contributed by atoms with E-state index in [1.54, 1.807) is 16.8 Å². The highest BCUT2D eigenvalue weighted by atomic mass is 32.2. The van der Waals surface area contributed by atoms with Crippen molar-refractivity contribution >= 4 is 32.3 Å². The number of hydrogen-bond donors (Lipinski definition) is 2. The second-order valence-electron chi connectivity index (χ2n) is 7.41. The van der Waals surface area contributed by atoms with Crippen LogP contribution in [0.15, 0.2) is 59.6 Å². The van der Waals surface area contributed by atoms with E-state index in [0.717, 1.165) is 11.3 Å². The summed E-state index contributed by atoms with van der Waals surface area (Å²) >= 11 is 0. The van der Waals surface area contributed by atoms with Crippen molar-refractivity contribution in [3.63, 3.8) is 0 Å². The van der Waals surface area contributed by atoms with Gasteiger partial charge < -0.3 is 10.4 Å². The van der Waals surface area contributed by atoms with Crippen LogP contribution in [0, 0.1) is 6.92 Å². The monoisotopic (exact) mass is 450 g/mol. The predicted octanol–water partition coefficient (Wildman–Crippen LogP) is 3.70. The SMILES string of the molecule is CCS(=O)(=O)c1ccc(O)c(NC(=O)c2cc(-c3cn(C)nc3C)nc3ccccc23)c1. The first-order valence-electron chi connectivity index (χ1n) is 9.97. The van der Waals surface area contributed by atoms with Gasteiger partial charge in [0.25, 0.3) is 5.91 Å². The summed E-state index contributed by atoms with van der Waals surface area (Å²) in [7, 11) is -1.69. The summed E-state index contributed by atoms with van der Waals surface area (Å²) in [6.45, 7) is 3.40. The molecule has 4 rings (SSSR count). The maximum absolute atomic E-state index is 13.3. The molecule has 164 valence electrons. The van der Waals surface area contributed by atoms with E-state index in [9.17, 15) is 18.3 Å². The third-order valence-electron chi connectivity index (χ3n) is 5.21. The molecule has 0 fully saturated rings. The first kappa shape index (κ1) is 21.5. The molecule has 8 nitrogen and oxygen atoms in total. The molecule has 0 saturated heterocycles. The van der Waals surface area contributed by atoms with E-state index < -0.39 is 15.7 Å². The molecule has 0 spiro atoms. The van der Waals surface area contributed by atoms with E-state index in [-0.39, 0.29) is 22.1 Å². The highest BCUT2D eigenvalue weighted by Gasteiger charge is 2.19. The van der Waals surface area contributed by atoms with Gasteiger partial charge in [0.15, 0.2) is 9.84 Å². The number of hydrogen-bond acceptors (Lipinski definition) is 6. The van der Waals surface area contributed by atoms with Gasteiger partial charge in [-0.25, -0.2) is 13.4 Å². The molecule has 2 heterocycles. The minimum Gasteiger partial charge on any atom is -0.506 e. The van der Waals surface area contributed by atoms with Crippen molar-refractivity contribution in [1.29, 1.82) is 0 Å². The van der Waals surface area contributed by atoms with Gasteiger partial charge in [0.2, 0.25) is 0 Å². The van der Waals surface area contributed by atoms with E-state index in [0.29, 0.717) is 22.2 Å². The third kappa shape index (κ3) is 3.94. The molecule has 1 amide bonds. The average Bonchev–Trinajstić information content (AvgIpc) is 3.12. The Morgan fingerprint density at radius 1 is 1.16 bits per heavy atom. The lowest BCUT2D eigenvalue weighted by atomic mass is 10.0. The number of amides is 1. The quantitative estimate of drug-likeness (QED) is 0.448. The summed E-state index contributed by atoms with van der Waals surface area (Å²) in [5.41, 5.74) is 3.15. The molecule has 2 aromatic heterocycles. The number of phenols is 1. The largest absolute Gasteiger partial charge is 0.506 e. The molecule has 0 radical (unpaired) electrons. The number of nitrogens with zero attached hydrogens (tertiary/aromatic N) is 3. The Morgan fingerprint density at radius 3 is 2.59 bits per heavy atom. The maximum Gasteiger partial charge on any atom is 0.256 e. The summed E-state index contributed by atoms with van der Waals surface area (Å²) in [6, 6.07) is 12.8. The van der Waals surface area contributed by atoms with Gasteiger partial charge in [-0.2, -0.15) is 5.10 Å². The van der Waals surface area contributed by atoms with E-state index in [1.807, 2.05) is 38.4 Å². The molecular formula is C23H22N4O4S. The van der Waals surface area contributed by atoms with Crippen molar-refractivity contribution in [2.75, 3.05) is 11.1 Å². The summed E-state index contributed by atoms with van der Waals surface area (Å²) < 4.78 is 26.1. The normalized spacial score (nSPS) is 11.6. The summed E-state index contributed by atoms with van der Waals surface area (Å²) in [5.74, 6) is -0.809. The van der Waals surface area contributed by atoms with Crippen molar-refractivity contribution in [1.82, 2.24) is 14.8 Å². The van der Waals surface area contributed by atoms with E-state index in [4.69, 9.17) is 0 Å². The topological polar surface area (TPSA) is 114 Å². The molecule has 0 aliphatic heterocycles. The van der Waals surface area contributed by atoms with Crippen LogP contribution in [-0.2, 0) is 16.9 Å². The average molecular weight is 451 g/mol. The zero-order valence-electron chi connectivity index (χ0n) is 17.8. The molecule has 0 unspecified atom stereocenters. The molecule has 0 saturated carbocycles. The van der Waals surface area contributed by atoms with Gasteiger partial charge in [-0.3, -0.25) is 9.48 Å². The fourth-order valence-corrected chi connectivity index (χ4v) is 4.42. The van der Waals surface area contributed by atoms with Gasteiger partial charge in [-0.1, -0.05) is 25.1 Å². The zero-order valence-corrected chi connectivity index (χ0v) is 18.6. The zero-order chi connectivity index (χ0) is 23.0. The van der Waals surface area contributed by atoms with Crippen LogP contribution in [-0.4, -0.2) is 39.9 Å². The van der Waals surface area contributed by atoms with Crippen molar-refractivity contribution in [3.05, 3.63) is 66.0 Å². The molecule has 9 heteroatoms. The number of nitrogens with one attached hydrogen (secondary N) is 1. The van der Waals surface area contributed by atoms with Crippen LogP contribution in [0.5, 0.6) is 5.75 Å². The van der Waals surface area contributed by atoms with Gasteiger partial charge >= 0.3 is 0 Å². The second kappa shape index (κ2) is 8.08. The molecule has 0 aliphatic rings.